The first-order valence-corrected chi connectivity index (χ1v) is 9.00. The highest BCUT2D eigenvalue weighted by Crippen LogP contribution is 2.16. The topological polar surface area (TPSA) is 94.4 Å². The van der Waals surface area contributed by atoms with Crippen LogP contribution < -0.4 is 16.3 Å². The van der Waals surface area contributed by atoms with Crippen molar-refractivity contribution >= 4 is 22.6 Å². The minimum atomic E-state index is -0.237. The van der Waals surface area contributed by atoms with Crippen molar-refractivity contribution in [3.05, 3.63) is 28.7 Å². The molecule has 1 aromatic heterocycles. The van der Waals surface area contributed by atoms with E-state index in [4.69, 9.17) is 0 Å². The average molecular weight is 331 g/mol. The van der Waals surface area contributed by atoms with Crippen LogP contribution in [0.2, 0.25) is 0 Å². The predicted molar refractivity (Wildman–Crippen MR) is 95.0 cm³/mol. The van der Waals surface area contributed by atoms with Crippen LogP contribution >= 0.6 is 0 Å². The third kappa shape index (κ3) is 4.26. The molecular weight excluding hydrogens is 304 g/mol. The molecule has 1 atom stereocenters. The molecule has 1 heterocycles. The molecule has 0 unspecified atom stereocenters. The van der Waals surface area contributed by atoms with Gasteiger partial charge in [-0.2, -0.15) is 0 Å². The van der Waals surface area contributed by atoms with Crippen LogP contribution in [0.3, 0.4) is 0 Å². The second kappa shape index (κ2) is 7.66. The Balaban J connectivity index is 1.58. The molecule has 0 bridgehead atoms. The molecule has 0 aliphatic heterocycles. The minimum absolute atomic E-state index is 0.00860. The van der Waals surface area contributed by atoms with Crippen LogP contribution in [0, 0.1) is 0 Å². The molecule has 0 saturated heterocycles. The quantitative estimate of drug-likeness (QED) is 0.688. The maximum Gasteiger partial charge on any atom is 0.323 e. The van der Waals surface area contributed by atoms with Gasteiger partial charge in [-0.3, -0.25) is 4.79 Å². The summed E-state index contributed by atoms with van der Waals surface area (Å²) in [6, 6.07) is 5.83. The number of nitrogens with two attached hydrogens (primary N) is 1. The Labute approximate surface area is 141 Å². The van der Waals surface area contributed by atoms with E-state index in [1.54, 1.807) is 12.1 Å². The summed E-state index contributed by atoms with van der Waals surface area (Å²) in [6.07, 6.45) is 8.94. The summed E-state index contributed by atoms with van der Waals surface area (Å²) in [5, 5.41) is 5.17. The van der Waals surface area contributed by atoms with E-state index in [-0.39, 0.29) is 17.6 Å². The van der Waals surface area contributed by atoms with Crippen molar-refractivity contribution in [3.8, 4) is 0 Å². The number of hydrogen-bond acceptors (Lipinski definition) is 2. The van der Waals surface area contributed by atoms with Crippen molar-refractivity contribution in [3.63, 3.8) is 0 Å². The number of quaternary nitrogens is 1. The number of carbonyl (C=O) groups is 1. The fourth-order valence-corrected chi connectivity index (χ4v) is 3.54. The van der Waals surface area contributed by atoms with Gasteiger partial charge in [-0.1, -0.05) is 19.3 Å². The number of anilines is 1. The second-order valence-electron chi connectivity index (χ2n) is 6.92. The number of amides is 1. The Bertz CT molecular complexity index is 741. The molecule has 1 aromatic carbocycles. The zero-order chi connectivity index (χ0) is 16.9. The van der Waals surface area contributed by atoms with Crippen molar-refractivity contribution in [2.75, 3.05) is 5.32 Å². The fraction of sp³-hybridized carbons (Fsp3) is 0.556. The number of nitrogens with one attached hydrogen (secondary N) is 3. The van der Waals surface area contributed by atoms with Crippen molar-refractivity contribution in [1.82, 2.24) is 9.97 Å². The lowest BCUT2D eigenvalue weighted by atomic mass is 9.96. The Morgan fingerprint density at radius 3 is 2.54 bits per heavy atom. The van der Waals surface area contributed by atoms with Crippen molar-refractivity contribution in [1.29, 1.82) is 0 Å². The van der Waals surface area contributed by atoms with Gasteiger partial charge in [0.1, 0.15) is 0 Å². The lowest BCUT2D eigenvalue weighted by Gasteiger charge is -2.21. The lowest BCUT2D eigenvalue weighted by Crippen LogP contribution is -2.96. The first-order valence-electron chi connectivity index (χ1n) is 9.00. The molecule has 5 N–H and O–H groups in total. The van der Waals surface area contributed by atoms with Gasteiger partial charge in [-0.25, -0.2) is 4.79 Å². The summed E-state index contributed by atoms with van der Waals surface area (Å²) in [4.78, 5) is 29.2. The van der Waals surface area contributed by atoms with E-state index in [2.05, 4.69) is 20.6 Å². The lowest BCUT2D eigenvalue weighted by molar-refractivity contribution is -0.707. The van der Waals surface area contributed by atoms with Gasteiger partial charge in [-0.05, 0) is 50.8 Å². The Morgan fingerprint density at radius 2 is 1.79 bits per heavy atom. The Kier molecular flexibility index (Phi) is 5.35. The molecule has 1 aliphatic carbocycles. The molecule has 130 valence electrons. The maximum absolute atomic E-state index is 12.5. The standard InChI is InChI=1S/C18H26N4O2/c1-12(19-13-7-5-3-2-4-6-8-13)17(23)20-14-9-10-15-16(11-14)22-18(24)21-15/h9-13,19H,2-8H2,1H3,(H,20,23)(H2,21,22,24)/p+1/t12-/m0/s1. The molecule has 6 heteroatoms. The van der Waals surface area contributed by atoms with Gasteiger partial charge in [0.25, 0.3) is 5.91 Å². The number of fused-ring (bicyclic) bond motifs is 1. The third-order valence-electron chi connectivity index (χ3n) is 4.91. The normalized spacial score (nSPS) is 18.0. The van der Waals surface area contributed by atoms with Gasteiger partial charge < -0.3 is 20.6 Å². The summed E-state index contributed by atoms with van der Waals surface area (Å²) in [7, 11) is 0. The number of imidazole rings is 1. The second-order valence-corrected chi connectivity index (χ2v) is 6.92. The van der Waals surface area contributed by atoms with Crippen LogP contribution in [0.15, 0.2) is 23.0 Å². The van der Waals surface area contributed by atoms with Crippen molar-refractivity contribution < 1.29 is 10.1 Å². The van der Waals surface area contributed by atoms with E-state index < -0.39 is 0 Å². The SMILES string of the molecule is C[C@H]([NH2+]C1CCCCCCC1)C(=O)Nc1ccc2[nH]c(=O)[nH]c2c1. The van der Waals surface area contributed by atoms with Gasteiger partial charge >= 0.3 is 5.69 Å². The summed E-state index contributed by atoms with van der Waals surface area (Å²) in [6.45, 7) is 1.96. The highest BCUT2D eigenvalue weighted by atomic mass is 16.2. The van der Waals surface area contributed by atoms with E-state index in [9.17, 15) is 9.59 Å². The molecular formula is C18H27N4O2+. The number of benzene rings is 1. The zero-order valence-electron chi connectivity index (χ0n) is 14.2. The summed E-state index contributed by atoms with van der Waals surface area (Å²) < 4.78 is 0. The van der Waals surface area contributed by atoms with Crippen LogP contribution in [0.1, 0.15) is 51.9 Å². The Morgan fingerprint density at radius 1 is 1.12 bits per heavy atom. The molecule has 3 rings (SSSR count). The molecule has 1 fully saturated rings. The number of aromatic nitrogens is 2. The first kappa shape index (κ1) is 16.8. The summed E-state index contributed by atoms with van der Waals surface area (Å²) in [5.41, 5.74) is 1.92. The molecule has 0 spiro atoms. The monoisotopic (exact) mass is 331 g/mol. The van der Waals surface area contributed by atoms with Crippen LogP contribution in [-0.2, 0) is 4.79 Å². The van der Waals surface area contributed by atoms with Crippen LogP contribution in [-0.4, -0.2) is 28.0 Å². The maximum atomic E-state index is 12.5. The molecule has 1 aliphatic rings. The van der Waals surface area contributed by atoms with Crippen LogP contribution in [0.5, 0.6) is 0 Å². The van der Waals surface area contributed by atoms with E-state index in [1.807, 2.05) is 13.0 Å². The number of H-pyrrole nitrogens is 2. The van der Waals surface area contributed by atoms with E-state index in [0.29, 0.717) is 17.2 Å². The number of carbonyl (C=O) groups excluding carboxylic acids is 1. The minimum Gasteiger partial charge on any atom is -0.334 e. The zero-order valence-corrected chi connectivity index (χ0v) is 14.2. The first-order chi connectivity index (χ1) is 11.6. The van der Waals surface area contributed by atoms with Gasteiger partial charge in [-0.15, -0.1) is 0 Å². The molecule has 1 amide bonds. The largest absolute Gasteiger partial charge is 0.334 e. The van der Waals surface area contributed by atoms with Gasteiger partial charge in [0.05, 0.1) is 17.1 Å². The highest BCUT2D eigenvalue weighted by Gasteiger charge is 2.22. The van der Waals surface area contributed by atoms with E-state index in [0.717, 1.165) is 5.52 Å². The van der Waals surface area contributed by atoms with E-state index in [1.165, 1.54) is 44.9 Å². The molecule has 1 saturated carbocycles. The molecule has 6 nitrogen and oxygen atoms in total. The number of hydrogen-bond donors (Lipinski definition) is 4. The molecule has 24 heavy (non-hydrogen) atoms. The highest BCUT2D eigenvalue weighted by molar-refractivity contribution is 5.95. The smallest absolute Gasteiger partial charge is 0.323 e. The average Bonchev–Trinajstić information content (AvgIpc) is 2.89. The van der Waals surface area contributed by atoms with E-state index >= 15 is 0 Å². The third-order valence-corrected chi connectivity index (χ3v) is 4.91. The van der Waals surface area contributed by atoms with Gasteiger partial charge in [0.2, 0.25) is 0 Å². The van der Waals surface area contributed by atoms with Gasteiger partial charge in [0, 0.05) is 5.69 Å². The van der Waals surface area contributed by atoms with Gasteiger partial charge in [0.15, 0.2) is 6.04 Å². The van der Waals surface area contributed by atoms with Crippen molar-refractivity contribution in [2.45, 2.75) is 64.0 Å². The fourth-order valence-electron chi connectivity index (χ4n) is 3.54. The Hall–Kier alpha value is -2.08. The summed E-state index contributed by atoms with van der Waals surface area (Å²) in [5.74, 6) is 0.00860. The van der Waals surface area contributed by atoms with Crippen LogP contribution in [0.4, 0.5) is 5.69 Å². The predicted octanol–water partition coefficient (Wildman–Crippen LogP) is 1.86. The summed E-state index contributed by atoms with van der Waals surface area (Å²) >= 11 is 0. The molecule has 2 aromatic rings. The van der Waals surface area contributed by atoms with Crippen molar-refractivity contribution in [2.24, 2.45) is 0 Å². The molecule has 0 radical (unpaired) electrons. The number of rotatable bonds is 4. The van der Waals surface area contributed by atoms with Crippen LogP contribution in [0.25, 0.3) is 11.0 Å². The number of aromatic amines is 2.